The molecule has 8 nitrogen and oxygen atoms in total. The van der Waals surface area contributed by atoms with Crippen molar-refractivity contribution in [3.63, 3.8) is 0 Å². The summed E-state index contributed by atoms with van der Waals surface area (Å²) in [6.07, 6.45) is 3.68. The number of aromatic nitrogens is 8. The maximum absolute atomic E-state index is 6.25. The topological polar surface area (TPSA) is 90.1 Å². The van der Waals surface area contributed by atoms with Gasteiger partial charge in [-0.1, -0.05) is 42.4 Å². The smallest absolute Gasteiger partial charge is 0.221 e. The predicted octanol–water partition coefficient (Wildman–Crippen LogP) is 4.52. The average molecular weight is 451 g/mol. The van der Waals surface area contributed by atoms with E-state index >= 15 is 0 Å². The average Bonchev–Trinajstić information content (AvgIpc) is 3.50. The predicted molar refractivity (Wildman–Crippen MR) is 122 cm³/mol. The number of nitrogens with zero attached hydrogens (tertiary/aromatic N) is 7. The molecule has 0 bridgehead atoms. The molecule has 0 aliphatic rings. The summed E-state index contributed by atoms with van der Waals surface area (Å²) in [4.78, 5) is 9.42. The van der Waals surface area contributed by atoms with Crippen molar-refractivity contribution in [2.24, 2.45) is 0 Å². The Kier molecular flexibility index (Phi) is 5.21. The van der Waals surface area contributed by atoms with E-state index in [0.29, 0.717) is 17.4 Å². The van der Waals surface area contributed by atoms with Crippen LogP contribution in [-0.4, -0.2) is 45.5 Å². The monoisotopic (exact) mass is 450 g/mol. The van der Waals surface area contributed by atoms with Crippen molar-refractivity contribution in [2.75, 3.05) is 5.75 Å². The van der Waals surface area contributed by atoms with E-state index in [1.165, 1.54) is 0 Å². The maximum Gasteiger partial charge on any atom is 0.221 e. The number of pyridine rings is 1. The van der Waals surface area contributed by atoms with E-state index < -0.39 is 0 Å². The molecule has 0 fully saturated rings. The van der Waals surface area contributed by atoms with Crippen LogP contribution in [0.5, 0.6) is 0 Å². The van der Waals surface area contributed by atoms with E-state index in [0.717, 1.165) is 44.6 Å². The normalized spacial score (nSPS) is 11.5. The number of imidazole rings is 1. The van der Waals surface area contributed by atoms with E-state index in [4.69, 9.17) is 16.6 Å². The van der Waals surface area contributed by atoms with Crippen LogP contribution < -0.4 is 0 Å². The first-order valence-electron chi connectivity index (χ1n) is 9.79. The van der Waals surface area contributed by atoms with Gasteiger partial charge in [0.25, 0.3) is 0 Å². The van der Waals surface area contributed by atoms with Crippen LogP contribution in [0.1, 0.15) is 18.1 Å². The summed E-state index contributed by atoms with van der Waals surface area (Å²) in [6.45, 7) is 4.90. The van der Waals surface area contributed by atoms with Gasteiger partial charge in [-0.3, -0.25) is 4.57 Å². The maximum atomic E-state index is 6.25. The summed E-state index contributed by atoms with van der Waals surface area (Å²) in [5.41, 5.74) is 5.90. The molecule has 1 N–H and O–H groups in total. The van der Waals surface area contributed by atoms with Crippen molar-refractivity contribution in [3.05, 3.63) is 64.9 Å². The van der Waals surface area contributed by atoms with Crippen LogP contribution in [-0.2, 0) is 6.54 Å². The Hall–Kier alpha value is -3.17. The Morgan fingerprint density at radius 3 is 2.74 bits per heavy atom. The lowest BCUT2D eigenvalue weighted by Crippen LogP contribution is -2.03. The summed E-state index contributed by atoms with van der Waals surface area (Å²) >= 11 is 7.98. The molecule has 0 aliphatic carbocycles. The molecule has 0 radical (unpaired) electrons. The van der Waals surface area contributed by atoms with Crippen molar-refractivity contribution < 1.29 is 0 Å². The van der Waals surface area contributed by atoms with Gasteiger partial charge in [-0.15, -0.1) is 10.2 Å². The van der Waals surface area contributed by atoms with E-state index in [1.54, 1.807) is 11.8 Å². The summed E-state index contributed by atoms with van der Waals surface area (Å²) in [5, 5.41) is 15.9. The Bertz CT molecular complexity index is 1340. The van der Waals surface area contributed by atoms with Crippen molar-refractivity contribution in [3.8, 4) is 17.2 Å². The zero-order chi connectivity index (χ0) is 21.4. The molecule has 31 heavy (non-hydrogen) atoms. The summed E-state index contributed by atoms with van der Waals surface area (Å²) in [7, 11) is 0. The number of hydrogen-bond acceptors (Lipinski definition) is 6. The lowest BCUT2D eigenvalue weighted by atomic mass is 10.2. The number of halogens is 1. The van der Waals surface area contributed by atoms with Crippen LogP contribution in [0.2, 0.25) is 5.02 Å². The van der Waals surface area contributed by atoms with Crippen LogP contribution in [0.3, 0.4) is 0 Å². The third-order valence-corrected chi connectivity index (χ3v) is 6.06. The van der Waals surface area contributed by atoms with Gasteiger partial charge in [0.15, 0.2) is 10.8 Å². The second-order valence-electron chi connectivity index (χ2n) is 7.03. The molecule has 5 aromatic rings. The number of rotatable bonds is 6. The molecular weight excluding hydrogens is 432 g/mol. The number of benzene rings is 1. The first kappa shape index (κ1) is 19.8. The summed E-state index contributed by atoms with van der Waals surface area (Å²) in [5.74, 6) is 1.44. The number of thioether (sulfide) groups is 1. The number of aromatic amines is 1. The minimum atomic E-state index is 0.489. The Morgan fingerprint density at radius 1 is 1.16 bits per heavy atom. The molecule has 4 aromatic heterocycles. The highest BCUT2D eigenvalue weighted by Gasteiger charge is 2.15. The van der Waals surface area contributed by atoms with Gasteiger partial charge in [0.2, 0.25) is 5.82 Å². The molecule has 5 rings (SSSR count). The van der Waals surface area contributed by atoms with Gasteiger partial charge in [-0.25, -0.2) is 9.97 Å². The minimum Gasteiger partial charge on any atom is -0.312 e. The molecule has 0 amide bonds. The molecule has 0 unspecified atom stereocenters. The van der Waals surface area contributed by atoms with Crippen molar-refractivity contribution in [1.82, 2.24) is 39.7 Å². The SMILES string of the molecule is CCSc1nc2c(C)ccnc2n1Cc1ccc(-n2cc(Cl)cc2-c2nn[nH]n2)cc1. The summed E-state index contributed by atoms with van der Waals surface area (Å²) < 4.78 is 4.13. The van der Waals surface area contributed by atoms with E-state index in [-0.39, 0.29) is 0 Å². The quantitative estimate of drug-likeness (QED) is 0.382. The van der Waals surface area contributed by atoms with E-state index in [2.05, 4.69) is 68.3 Å². The second-order valence-corrected chi connectivity index (χ2v) is 8.70. The number of fused-ring (bicyclic) bond motifs is 1. The van der Waals surface area contributed by atoms with Gasteiger partial charge < -0.3 is 4.57 Å². The first-order valence-corrected chi connectivity index (χ1v) is 11.2. The Balaban J connectivity index is 1.49. The Labute approximate surface area is 187 Å². The highest BCUT2D eigenvalue weighted by molar-refractivity contribution is 7.99. The first-order chi connectivity index (χ1) is 15.1. The molecule has 4 heterocycles. The fraction of sp³-hybridized carbons (Fsp3) is 0.190. The molecule has 0 saturated carbocycles. The lowest BCUT2D eigenvalue weighted by Gasteiger charge is -2.10. The highest BCUT2D eigenvalue weighted by Crippen LogP contribution is 2.28. The third-order valence-electron chi connectivity index (χ3n) is 4.99. The second kappa shape index (κ2) is 8.16. The molecule has 1 aromatic carbocycles. The van der Waals surface area contributed by atoms with E-state index in [1.807, 2.05) is 29.1 Å². The van der Waals surface area contributed by atoms with Gasteiger partial charge in [0.05, 0.1) is 17.3 Å². The van der Waals surface area contributed by atoms with Gasteiger partial charge in [0.1, 0.15) is 5.52 Å². The van der Waals surface area contributed by atoms with Crippen LogP contribution in [0.15, 0.2) is 53.9 Å². The standard InChI is InChI=1S/C21H19ClN8S/c1-3-31-21-24-18-13(2)8-9-23-20(18)30(21)11-14-4-6-16(7-5-14)29-12-15(22)10-17(29)19-25-27-28-26-19/h4-10,12H,3,11H2,1-2H3,(H,25,26,27,28). The lowest BCUT2D eigenvalue weighted by molar-refractivity contribution is 0.724. The van der Waals surface area contributed by atoms with Crippen molar-refractivity contribution in [1.29, 1.82) is 0 Å². The summed E-state index contributed by atoms with van der Waals surface area (Å²) in [6, 6.07) is 12.1. The fourth-order valence-electron chi connectivity index (χ4n) is 3.53. The number of tetrazole rings is 1. The zero-order valence-electron chi connectivity index (χ0n) is 16.9. The minimum absolute atomic E-state index is 0.489. The van der Waals surface area contributed by atoms with Crippen LogP contribution in [0.4, 0.5) is 0 Å². The molecule has 0 atom stereocenters. The van der Waals surface area contributed by atoms with Crippen LogP contribution >= 0.6 is 23.4 Å². The van der Waals surface area contributed by atoms with E-state index in [9.17, 15) is 0 Å². The van der Waals surface area contributed by atoms with Gasteiger partial charge >= 0.3 is 0 Å². The van der Waals surface area contributed by atoms with Gasteiger partial charge in [-0.05, 0) is 53.3 Å². The number of aryl methyl sites for hydroxylation is 1. The molecule has 0 saturated heterocycles. The molecule has 156 valence electrons. The molecule has 0 aliphatic heterocycles. The molecule has 10 heteroatoms. The van der Waals surface area contributed by atoms with Gasteiger partial charge in [0, 0.05) is 18.1 Å². The van der Waals surface area contributed by atoms with Crippen LogP contribution in [0.25, 0.3) is 28.4 Å². The van der Waals surface area contributed by atoms with Gasteiger partial charge in [-0.2, -0.15) is 5.21 Å². The number of hydrogen-bond donors (Lipinski definition) is 1. The highest BCUT2D eigenvalue weighted by atomic mass is 35.5. The van der Waals surface area contributed by atoms with Crippen molar-refractivity contribution in [2.45, 2.75) is 25.5 Å². The van der Waals surface area contributed by atoms with Crippen LogP contribution in [0, 0.1) is 6.92 Å². The zero-order valence-corrected chi connectivity index (χ0v) is 18.5. The molecular formula is C21H19ClN8S. The largest absolute Gasteiger partial charge is 0.312 e. The number of nitrogens with one attached hydrogen (secondary N) is 1. The molecule has 0 spiro atoms. The van der Waals surface area contributed by atoms with Crippen molar-refractivity contribution >= 4 is 34.5 Å². The Morgan fingerprint density at radius 2 is 2.00 bits per heavy atom. The third kappa shape index (κ3) is 3.70. The fourth-order valence-corrected chi connectivity index (χ4v) is 4.45. The number of H-pyrrole nitrogens is 1.